The number of rotatable bonds is 5. The molecule has 1 aliphatic rings. The number of amides is 1. The fourth-order valence-corrected chi connectivity index (χ4v) is 2.67. The molecule has 0 bridgehead atoms. The number of benzene rings is 1. The summed E-state index contributed by atoms with van der Waals surface area (Å²) in [7, 11) is 0. The molecule has 1 amide bonds. The topological polar surface area (TPSA) is 64.4 Å². The normalized spacial score (nSPS) is 21.3. The van der Waals surface area contributed by atoms with Gasteiger partial charge in [0.2, 0.25) is 0 Å². The summed E-state index contributed by atoms with van der Waals surface area (Å²) >= 11 is 1.78. The molecule has 20 heavy (non-hydrogen) atoms. The van der Waals surface area contributed by atoms with E-state index in [4.69, 9.17) is 10.5 Å². The summed E-state index contributed by atoms with van der Waals surface area (Å²) in [5.41, 5.74) is 7.61. The van der Waals surface area contributed by atoms with Gasteiger partial charge in [0.1, 0.15) is 6.10 Å². The molecule has 1 fully saturated rings. The second-order valence-electron chi connectivity index (χ2n) is 4.68. The molecular formula is C14H21ClN2O2S. The van der Waals surface area contributed by atoms with E-state index in [1.54, 1.807) is 11.8 Å². The van der Waals surface area contributed by atoms with Crippen LogP contribution in [0.25, 0.3) is 0 Å². The maximum absolute atomic E-state index is 12.0. The molecule has 0 unspecified atom stereocenters. The highest BCUT2D eigenvalue weighted by molar-refractivity contribution is 7.97. The predicted octanol–water partition coefficient (Wildman–Crippen LogP) is 2.42. The van der Waals surface area contributed by atoms with E-state index in [-0.39, 0.29) is 30.5 Å². The zero-order chi connectivity index (χ0) is 13.7. The summed E-state index contributed by atoms with van der Waals surface area (Å²) < 4.78 is 5.57. The third-order valence-corrected chi connectivity index (χ3v) is 3.82. The first-order valence-electron chi connectivity index (χ1n) is 6.47. The van der Waals surface area contributed by atoms with Gasteiger partial charge in [-0.15, -0.1) is 12.4 Å². The molecule has 3 N–H and O–H groups in total. The lowest BCUT2D eigenvalue weighted by atomic mass is 10.2. The molecule has 0 saturated carbocycles. The Morgan fingerprint density at radius 2 is 2.10 bits per heavy atom. The van der Waals surface area contributed by atoms with Crippen molar-refractivity contribution in [1.29, 1.82) is 0 Å². The fraction of sp³-hybridized carbons (Fsp3) is 0.500. The van der Waals surface area contributed by atoms with Crippen LogP contribution in [0.4, 0.5) is 5.69 Å². The highest BCUT2D eigenvalue weighted by Crippen LogP contribution is 2.21. The van der Waals surface area contributed by atoms with Gasteiger partial charge in [0.25, 0.3) is 5.91 Å². The number of ether oxygens (including phenoxy) is 1. The van der Waals surface area contributed by atoms with Gasteiger partial charge < -0.3 is 15.8 Å². The Hall–Kier alpha value is -0.750. The molecule has 1 aromatic carbocycles. The van der Waals surface area contributed by atoms with Crippen LogP contribution in [0.15, 0.2) is 24.3 Å². The second kappa shape index (κ2) is 8.52. The van der Waals surface area contributed by atoms with Gasteiger partial charge in [-0.3, -0.25) is 4.79 Å². The van der Waals surface area contributed by atoms with Crippen LogP contribution in [0, 0.1) is 0 Å². The summed E-state index contributed by atoms with van der Waals surface area (Å²) in [5, 5.41) is 2.89. The largest absolute Gasteiger partial charge is 0.364 e. The predicted molar refractivity (Wildman–Crippen MR) is 86.5 cm³/mol. The van der Waals surface area contributed by atoms with E-state index in [9.17, 15) is 4.79 Å². The Morgan fingerprint density at radius 1 is 1.40 bits per heavy atom. The van der Waals surface area contributed by atoms with Crippen molar-refractivity contribution >= 4 is 35.8 Å². The van der Waals surface area contributed by atoms with E-state index in [0.29, 0.717) is 6.54 Å². The summed E-state index contributed by atoms with van der Waals surface area (Å²) in [6, 6.07) is 7.92. The standard InChI is InChI=1S/C14H20N2O2S.ClH/c1-19-9-10-2-4-11(5-3-10)16-14(17)13-7-6-12(8-15)18-13;/h2-5,12-13H,6-9,15H2,1H3,(H,16,17);1H/t12-,13+;/m1./s1. The quantitative estimate of drug-likeness (QED) is 0.875. The Kier molecular flexibility index (Phi) is 7.37. The molecule has 4 nitrogen and oxygen atoms in total. The fourth-order valence-electron chi connectivity index (χ4n) is 2.15. The molecule has 0 spiro atoms. The van der Waals surface area contributed by atoms with Crippen molar-refractivity contribution in [1.82, 2.24) is 0 Å². The molecule has 1 aromatic rings. The number of anilines is 1. The molecule has 112 valence electrons. The van der Waals surface area contributed by atoms with E-state index in [1.807, 2.05) is 24.3 Å². The van der Waals surface area contributed by atoms with Crippen LogP contribution in [0.2, 0.25) is 0 Å². The molecule has 1 heterocycles. The zero-order valence-corrected chi connectivity index (χ0v) is 13.1. The third kappa shape index (κ3) is 4.66. The number of carbonyl (C=O) groups is 1. The van der Waals surface area contributed by atoms with Crippen LogP contribution in [-0.2, 0) is 15.3 Å². The number of carbonyl (C=O) groups excluding carboxylic acids is 1. The number of nitrogens with two attached hydrogens (primary N) is 1. The van der Waals surface area contributed by atoms with Gasteiger partial charge in [0.15, 0.2) is 0 Å². The van der Waals surface area contributed by atoms with Crippen molar-refractivity contribution in [3.05, 3.63) is 29.8 Å². The molecule has 0 aromatic heterocycles. The Balaban J connectivity index is 0.00000200. The van der Waals surface area contributed by atoms with Gasteiger partial charge in [0.05, 0.1) is 6.10 Å². The van der Waals surface area contributed by atoms with E-state index >= 15 is 0 Å². The van der Waals surface area contributed by atoms with Crippen LogP contribution < -0.4 is 11.1 Å². The SMILES string of the molecule is CSCc1ccc(NC(=O)[C@@H]2CC[C@H](CN)O2)cc1.Cl. The smallest absolute Gasteiger partial charge is 0.253 e. The first-order valence-corrected chi connectivity index (χ1v) is 7.86. The lowest BCUT2D eigenvalue weighted by Gasteiger charge is -2.13. The molecule has 2 rings (SSSR count). The minimum atomic E-state index is -0.362. The van der Waals surface area contributed by atoms with Crippen LogP contribution in [-0.4, -0.2) is 30.9 Å². The van der Waals surface area contributed by atoms with Crippen molar-refractivity contribution in [3.8, 4) is 0 Å². The van der Waals surface area contributed by atoms with Crippen LogP contribution in [0.3, 0.4) is 0 Å². The summed E-state index contributed by atoms with van der Waals surface area (Å²) in [6.45, 7) is 0.479. The number of thioether (sulfide) groups is 1. The first-order chi connectivity index (χ1) is 9.22. The highest BCUT2D eigenvalue weighted by Gasteiger charge is 2.29. The lowest BCUT2D eigenvalue weighted by molar-refractivity contribution is -0.126. The third-order valence-electron chi connectivity index (χ3n) is 3.20. The van der Waals surface area contributed by atoms with Crippen LogP contribution in [0.5, 0.6) is 0 Å². The summed E-state index contributed by atoms with van der Waals surface area (Å²) in [6.07, 6.45) is 3.35. The average molecular weight is 317 g/mol. The lowest BCUT2D eigenvalue weighted by Crippen LogP contribution is -2.29. The molecule has 2 atom stereocenters. The van der Waals surface area contributed by atoms with Gasteiger partial charge in [-0.25, -0.2) is 0 Å². The Labute approximate surface area is 130 Å². The summed E-state index contributed by atoms with van der Waals surface area (Å²) in [4.78, 5) is 12.0. The zero-order valence-electron chi connectivity index (χ0n) is 11.5. The number of hydrogen-bond donors (Lipinski definition) is 2. The highest BCUT2D eigenvalue weighted by atomic mass is 35.5. The molecular weight excluding hydrogens is 296 g/mol. The van der Waals surface area contributed by atoms with Gasteiger partial charge in [-0.1, -0.05) is 12.1 Å². The second-order valence-corrected chi connectivity index (χ2v) is 5.54. The van der Waals surface area contributed by atoms with E-state index in [2.05, 4.69) is 11.6 Å². The van der Waals surface area contributed by atoms with E-state index in [1.165, 1.54) is 5.56 Å². The Morgan fingerprint density at radius 3 is 2.65 bits per heavy atom. The molecule has 1 saturated heterocycles. The van der Waals surface area contributed by atoms with Crippen LogP contribution >= 0.6 is 24.2 Å². The van der Waals surface area contributed by atoms with Gasteiger partial charge in [0, 0.05) is 18.0 Å². The monoisotopic (exact) mass is 316 g/mol. The van der Waals surface area contributed by atoms with Crippen molar-refractivity contribution in [3.63, 3.8) is 0 Å². The molecule has 1 aliphatic heterocycles. The number of hydrogen-bond acceptors (Lipinski definition) is 4. The molecule has 0 radical (unpaired) electrons. The minimum absolute atomic E-state index is 0. The van der Waals surface area contributed by atoms with Crippen LogP contribution in [0.1, 0.15) is 18.4 Å². The van der Waals surface area contributed by atoms with Gasteiger partial charge in [-0.2, -0.15) is 11.8 Å². The number of nitrogens with one attached hydrogen (secondary N) is 1. The Bertz CT molecular complexity index is 428. The summed E-state index contributed by atoms with van der Waals surface area (Å²) in [5.74, 6) is 0.909. The maximum Gasteiger partial charge on any atom is 0.253 e. The molecule has 0 aliphatic carbocycles. The van der Waals surface area contributed by atoms with Gasteiger partial charge >= 0.3 is 0 Å². The van der Waals surface area contributed by atoms with Crippen molar-refractivity contribution < 1.29 is 9.53 Å². The first kappa shape index (κ1) is 17.3. The van der Waals surface area contributed by atoms with Crippen molar-refractivity contribution in [2.75, 3.05) is 18.1 Å². The molecule has 6 heteroatoms. The van der Waals surface area contributed by atoms with Crippen molar-refractivity contribution in [2.45, 2.75) is 30.8 Å². The van der Waals surface area contributed by atoms with E-state index in [0.717, 1.165) is 24.3 Å². The average Bonchev–Trinajstić information content (AvgIpc) is 2.90. The maximum atomic E-state index is 12.0. The van der Waals surface area contributed by atoms with Crippen molar-refractivity contribution in [2.24, 2.45) is 5.73 Å². The number of halogens is 1. The van der Waals surface area contributed by atoms with Gasteiger partial charge in [-0.05, 0) is 36.8 Å². The van der Waals surface area contributed by atoms with E-state index < -0.39 is 0 Å². The minimum Gasteiger partial charge on any atom is -0.364 e.